The van der Waals surface area contributed by atoms with Crippen LogP contribution in [0.5, 0.6) is 0 Å². The van der Waals surface area contributed by atoms with E-state index in [1.807, 2.05) is 0 Å². The number of carbonyl (C=O) groups excluding carboxylic acids is 1. The van der Waals surface area contributed by atoms with Gasteiger partial charge in [0.25, 0.3) is 0 Å². The predicted molar refractivity (Wildman–Crippen MR) is 127 cm³/mol. The van der Waals surface area contributed by atoms with E-state index in [4.69, 9.17) is 4.74 Å². The quantitative estimate of drug-likeness (QED) is 0.479. The second-order valence-corrected chi connectivity index (χ2v) is 11.3. The van der Waals surface area contributed by atoms with Gasteiger partial charge in [0.2, 0.25) is 0 Å². The highest BCUT2D eigenvalue weighted by molar-refractivity contribution is 5.85. The maximum atomic E-state index is 12.9. The number of allylic oxidation sites excluding steroid dienone is 1. The first kappa shape index (κ1) is 20.5. The number of H-pyrrole nitrogens is 1. The molecule has 4 aliphatic rings. The van der Waals surface area contributed by atoms with Crippen molar-refractivity contribution in [3.8, 4) is 0 Å². The molecule has 1 aromatic carbocycles. The summed E-state index contributed by atoms with van der Waals surface area (Å²) in [5, 5.41) is 5.16. The zero-order chi connectivity index (χ0) is 22.0. The topological polar surface area (TPSA) is 54.1 Å². The minimum atomic E-state index is -0.0665. The molecule has 0 unspecified atom stereocenters. The summed E-state index contributed by atoms with van der Waals surface area (Å²) in [5.41, 5.74) is 7.16. The van der Waals surface area contributed by atoms with Crippen LogP contribution in [0.3, 0.4) is 0 Å². The molecule has 170 valence electrons. The van der Waals surface area contributed by atoms with Gasteiger partial charge in [-0.1, -0.05) is 43.5 Å². The zero-order valence-corrected chi connectivity index (χ0v) is 19.7. The molecule has 1 aliphatic heterocycles. The average molecular weight is 433 g/mol. The Kier molecular flexibility index (Phi) is 4.80. The summed E-state index contributed by atoms with van der Waals surface area (Å²) in [4.78, 5) is 16.6. The highest BCUT2D eigenvalue weighted by Crippen LogP contribution is 2.54. The van der Waals surface area contributed by atoms with Crippen molar-refractivity contribution in [2.24, 2.45) is 23.2 Å². The molecule has 0 bridgehead atoms. The van der Waals surface area contributed by atoms with E-state index in [0.29, 0.717) is 12.5 Å². The molecule has 0 amide bonds. The third-order valence-corrected chi connectivity index (χ3v) is 9.03. The molecule has 2 fully saturated rings. The van der Waals surface area contributed by atoms with Gasteiger partial charge in [0.05, 0.1) is 5.92 Å². The second kappa shape index (κ2) is 7.48. The van der Waals surface area contributed by atoms with E-state index < -0.39 is 0 Å². The monoisotopic (exact) mass is 432 g/mol. The fourth-order valence-electron chi connectivity index (χ4n) is 7.33. The van der Waals surface area contributed by atoms with Gasteiger partial charge in [-0.25, -0.2) is 0 Å². The zero-order valence-electron chi connectivity index (χ0n) is 19.7. The van der Waals surface area contributed by atoms with Crippen LogP contribution in [0.25, 0.3) is 10.9 Å². The predicted octanol–water partition coefficient (Wildman–Crippen LogP) is 5.76. The van der Waals surface area contributed by atoms with Crippen molar-refractivity contribution in [2.45, 2.75) is 77.9 Å². The Labute approximate surface area is 191 Å². The summed E-state index contributed by atoms with van der Waals surface area (Å²) >= 11 is 0. The van der Waals surface area contributed by atoms with Gasteiger partial charge in [0, 0.05) is 35.1 Å². The number of ether oxygens (including phenoxy) is 1. The number of fused-ring (bicyclic) bond motifs is 5. The van der Waals surface area contributed by atoms with E-state index in [2.05, 4.69) is 55.3 Å². The molecular formula is C28H36N2O2. The first-order valence-electron chi connectivity index (χ1n) is 12.7. The van der Waals surface area contributed by atoms with Crippen molar-refractivity contribution in [2.75, 3.05) is 6.54 Å². The number of hydrogen-bond acceptors (Lipinski definition) is 3. The van der Waals surface area contributed by atoms with Crippen molar-refractivity contribution in [1.82, 2.24) is 10.3 Å². The van der Waals surface area contributed by atoms with Gasteiger partial charge in [-0.15, -0.1) is 0 Å². The van der Waals surface area contributed by atoms with Crippen LogP contribution in [0.1, 0.15) is 75.2 Å². The number of rotatable bonds is 3. The van der Waals surface area contributed by atoms with E-state index >= 15 is 0 Å². The molecule has 2 N–H and O–H groups in total. The molecule has 32 heavy (non-hydrogen) atoms. The van der Waals surface area contributed by atoms with E-state index in [9.17, 15) is 4.79 Å². The molecule has 1 saturated carbocycles. The maximum absolute atomic E-state index is 12.9. The number of esters is 1. The van der Waals surface area contributed by atoms with Gasteiger partial charge in [0.15, 0.2) is 0 Å². The van der Waals surface area contributed by atoms with E-state index in [1.54, 1.807) is 5.57 Å². The number of aromatic amines is 1. The lowest BCUT2D eigenvalue weighted by atomic mass is 9.59. The Bertz CT molecular complexity index is 1100. The summed E-state index contributed by atoms with van der Waals surface area (Å²) in [6.07, 6.45) is 10.8. The normalized spacial score (nSPS) is 36.3. The Morgan fingerprint density at radius 3 is 3.00 bits per heavy atom. The smallest absolute Gasteiger partial charge is 0.311 e. The summed E-state index contributed by atoms with van der Waals surface area (Å²) in [7, 11) is 0. The van der Waals surface area contributed by atoms with Crippen LogP contribution in [-0.2, 0) is 16.0 Å². The first-order valence-corrected chi connectivity index (χ1v) is 12.7. The van der Waals surface area contributed by atoms with Crippen LogP contribution in [0, 0.1) is 30.1 Å². The Morgan fingerprint density at radius 2 is 2.12 bits per heavy atom. The molecule has 6 rings (SSSR count). The maximum Gasteiger partial charge on any atom is 0.311 e. The number of aromatic nitrogens is 1. The molecule has 2 heterocycles. The molecule has 1 aromatic heterocycles. The minimum absolute atomic E-state index is 0.00237. The number of carbonyl (C=O) groups is 1. The SMILES string of the molecule is Cc1ccc2[nH]c3c(c2c1)CCC[C@H]3NC[C@H]1C(=O)O[C@@H]2C[C@@]3(C)CCC[C@H](C)C3=C[C@@H]21. The van der Waals surface area contributed by atoms with Crippen LogP contribution >= 0.6 is 0 Å². The molecular weight excluding hydrogens is 396 g/mol. The molecule has 0 spiro atoms. The van der Waals surface area contributed by atoms with Gasteiger partial charge >= 0.3 is 5.97 Å². The number of aryl methyl sites for hydroxylation is 2. The Balaban J connectivity index is 1.24. The number of hydrogen-bond donors (Lipinski definition) is 2. The second-order valence-electron chi connectivity index (χ2n) is 11.3. The number of benzene rings is 1. The standard InChI is InChI=1S/C28H36N2O2/c1-16-9-10-23-19(12-16)18-7-4-8-24(26(18)30-23)29-15-21-20-13-22-17(2)6-5-11-28(22,3)14-25(20)32-27(21)31/h9-10,12-13,17,20-21,24-25,29-30H,4-8,11,14-15H2,1-3H3/t17-,20+,21+,24+,25+,28+/m0/s1. The Morgan fingerprint density at radius 1 is 1.25 bits per heavy atom. The lowest BCUT2D eigenvalue weighted by Gasteiger charge is -2.46. The average Bonchev–Trinajstić information content (AvgIpc) is 3.27. The largest absolute Gasteiger partial charge is 0.461 e. The van der Waals surface area contributed by atoms with Crippen LogP contribution in [0.4, 0.5) is 0 Å². The fourth-order valence-corrected chi connectivity index (χ4v) is 7.33. The highest BCUT2D eigenvalue weighted by atomic mass is 16.6. The van der Waals surface area contributed by atoms with Crippen LogP contribution in [0.2, 0.25) is 0 Å². The van der Waals surface area contributed by atoms with Crippen molar-refractivity contribution < 1.29 is 9.53 Å². The van der Waals surface area contributed by atoms with E-state index in [0.717, 1.165) is 19.3 Å². The van der Waals surface area contributed by atoms with Gasteiger partial charge in [-0.3, -0.25) is 4.79 Å². The molecule has 4 heteroatoms. The van der Waals surface area contributed by atoms with Crippen molar-refractivity contribution in [3.63, 3.8) is 0 Å². The molecule has 2 aromatic rings. The molecule has 3 aliphatic carbocycles. The summed E-state index contributed by atoms with van der Waals surface area (Å²) in [6.45, 7) is 7.63. The summed E-state index contributed by atoms with van der Waals surface area (Å²) < 4.78 is 5.97. The highest BCUT2D eigenvalue weighted by Gasteiger charge is 2.51. The molecule has 6 atom stereocenters. The van der Waals surface area contributed by atoms with Gasteiger partial charge < -0.3 is 15.0 Å². The van der Waals surface area contributed by atoms with Crippen LogP contribution < -0.4 is 5.32 Å². The third-order valence-electron chi connectivity index (χ3n) is 9.03. The van der Waals surface area contributed by atoms with Crippen molar-refractivity contribution in [3.05, 3.63) is 46.7 Å². The lowest BCUT2D eigenvalue weighted by molar-refractivity contribution is -0.145. The first-order chi connectivity index (χ1) is 15.4. The van der Waals surface area contributed by atoms with Gasteiger partial charge in [0.1, 0.15) is 6.10 Å². The van der Waals surface area contributed by atoms with E-state index in [-0.39, 0.29) is 35.4 Å². The van der Waals surface area contributed by atoms with E-state index in [1.165, 1.54) is 53.4 Å². The molecule has 4 nitrogen and oxygen atoms in total. The summed E-state index contributed by atoms with van der Waals surface area (Å²) in [6, 6.07) is 6.98. The van der Waals surface area contributed by atoms with Gasteiger partial charge in [-0.05, 0) is 74.5 Å². The Hall–Kier alpha value is -2.07. The van der Waals surface area contributed by atoms with Crippen molar-refractivity contribution in [1.29, 1.82) is 0 Å². The fraction of sp³-hybridized carbons (Fsp3) is 0.607. The van der Waals surface area contributed by atoms with Gasteiger partial charge in [-0.2, -0.15) is 0 Å². The third kappa shape index (κ3) is 3.17. The molecule has 0 radical (unpaired) electrons. The minimum Gasteiger partial charge on any atom is -0.461 e. The lowest BCUT2D eigenvalue weighted by Crippen LogP contribution is -2.40. The van der Waals surface area contributed by atoms with Crippen LogP contribution in [-0.4, -0.2) is 23.6 Å². The van der Waals surface area contributed by atoms with Crippen LogP contribution in [0.15, 0.2) is 29.8 Å². The summed E-state index contributed by atoms with van der Waals surface area (Å²) in [5.74, 6) is 0.799. The molecule has 1 saturated heterocycles. The number of nitrogens with one attached hydrogen (secondary N) is 2. The van der Waals surface area contributed by atoms with Crippen molar-refractivity contribution >= 4 is 16.9 Å².